The van der Waals surface area contributed by atoms with Crippen LogP contribution < -0.4 is 0 Å². The fourth-order valence-corrected chi connectivity index (χ4v) is 2.39. The zero-order valence-corrected chi connectivity index (χ0v) is 8.95. The molecule has 0 unspecified atom stereocenters. The number of benzene rings is 1. The van der Waals surface area contributed by atoms with Crippen molar-refractivity contribution >= 4 is 9.84 Å². The molecule has 78 valence electrons. The van der Waals surface area contributed by atoms with Crippen LogP contribution in [0.15, 0.2) is 46.7 Å². The Hall–Kier alpha value is -1.62. The van der Waals surface area contributed by atoms with E-state index in [1.807, 2.05) is 6.92 Å². The van der Waals surface area contributed by atoms with E-state index in [0.29, 0.717) is 0 Å². The van der Waals surface area contributed by atoms with E-state index in [1.165, 1.54) is 12.5 Å². The number of nitrogens with zero attached hydrogens (tertiary/aromatic N) is 1. The molecular weight excluding hydrogens is 212 g/mol. The van der Waals surface area contributed by atoms with Crippen molar-refractivity contribution in [2.75, 3.05) is 0 Å². The minimum atomic E-state index is -3.43. The van der Waals surface area contributed by atoms with Crippen LogP contribution in [0.3, 0.4) is 0 Å². The van der Waals surface area contributed by atoms with Crippen molar-refractivity contribution in [1.82, 2.24) is 9.97 Å². The van der Waals surface area contributed by atoms with E-state index >= 15 is 0 Å². The molecule has 1 heterocycles. The third-order valence-corrected chi connectivity index (χ3v) is 3.79. The summed E-state index contributed by atoms with van der Waals surface area (Å²) in [7, 11) is -3.43. The van der Waals surface area contributed by atoms with E-state index in [1.54, 1.807) is 24.3 Å². The van der Waals surface area contributed by atoms with Crippen LogP contribution in [-0.4, -0.2) is 18.4 Å². The topological polar surface area (TPSA) is 62.8 Å². The second kappa shape index (κ2) is 3.51. The first-order chi connectivity index (χ1) is 7.10. The van der Waals surface area contributed by atoms with Crippen molar-refractivity contribution in [1.29, 1.82) is 0 Å². The Labute approximate surface area is 87.9 Å². The van der Waals surface area contributed by atoms with Crippen LogP contribution >= 0.6 is 0 Å². The van der Waals surface area contributed by atoms with Crippen LogP contribution in [0.4, 0.5) is 0 Å². The quantitative estimate of drug-likeness (QED) is 0.838. The Balaban J connectivity index is 2.52. The number of nitrogens with one attached hydrogen (secondary N) is 1. The Morgan fingerprint density at radius 3 is 2.40 bits per heavy atom. The highest BCUT2D eigenvalue weighted by molar-refractivity contribution is 7.91. The summed E-state index contributed by atoms with van der Waals surface area (Å²) in [6.07, 6.45) is 2.65. The van der Waals surface area contributed by atoms with Gasteiger partial charge in [-0.2, -0.15) is 0 Å². The molecule has 0 aliphatic carbocycles. The first-order valence-corrected chi connectivity index (χ1v) is 5.89. The van der Waals surface area contributed by atoms with Gasteiger partial charge < -0.3 is 4.98 Å². The van der Waals surface area contributed by atoms with Gasteiger partial charge in [0.05, 0.1) is 17.4 Å². The molecule has 0 saturated heterocycles. The van der Waals surface area contributed by atoms with Crippen LogP contribution in [0.1, 0.15) is 5.56 Å². The maximum absolute atomic E-state index is 11.9. The highest BCUT2D eigenvalue weighted by Crippen LogP contribution is 2.18. The lowest BCUT2D eigenvalue weighted by molar-refractivity contribution is 0.593. The van der Waals surface area contributed by atoms with Crippen LogP contribution in [-0.2, 0) is 9.84 Å². The molecular formula is C10H10N2O2S. The summed E-state index contributed by atoms with van der Waals surface area (Å²) in [4.78, 5) is 6.56. The van der Waals surface area contributed by atoms with Crippen molar-refractivity contribution < 1.29 is 8.42 Å². The van der Waals surface area contributed by atoms with Crippen molar-refractivity contribution in [2.24, 2.45) is 0 Å². The summed E-state index contributed by atoms with van der Waals surface area (Å²) >= 11 is 0. The van der Waals surface area contributed by atoms with Crippen molar-refractivity contribution in [3.05, 3.63) is 42.4 Å². The number of aromatic nitrogens is 2. The molecule has 1 aromatic heterocycles. The molecule has 4 nitrogen and oxygen atoms in total. The molecule has 0 amide bonds. The van der Waals surface area contributed by atoms with E-state index in [-0.39, 0.29) is 9.92 Å². The average molecular weight is 222 g/mol. The van der Waals surface area contributed by atoms with E-state index < -0.39 is 9.84 Å². The Morgan fingerprint density at radius 2 is 1.87 bits per heavy atom. The van der Waals surface area contributed by atoms with Gasteiger partial charge in [-0.1, -0.05) is 17.7 Å². The fourth-order valence-electron chi connectivity index (χ4n) is 1.23. The van der Waals surface area contributed by atoms with Crippen LogP contribution in [0.5, 0.6) is 0 Å². The summed E-state index contributed by atoms with van der Waals surface area (Å²) in [5.41, 5.74) is 1.03. The lowest BCUT2D eigenvalue weighted by Gasteiger charge is -2.01. The SMILES string of the molecule is Cc1ccc(S(=O)(=O)c2cnc[nH]2)cc1. The molecule has 15 heavy (non-hydrogen) atoms. The molecule has 1 N–H and O–H groups in total. The molecule has 0 spiro atoms. The Bertz CT molecular complexity index is 542. The molecule has 2 aromatic rings. The molecule has 5 heteroatoms. The molecule has 1 aromatic carbocycles. The van der Waals surface area contributed by atoms with Gasteiger partial charge in [-0.25, -0.2) is 13.4 Å². The van der Waals surface area contributed by atoms with Gasteiger partial charge in [0, 0.05) is 0 Å². The number of imidazole rings is 1. The third kappa shape index (κ3) is 1.78. The molecule has 0 saturated carbocycles. The smallest absolute Gasteiger partial charge is 0.223 e. The summed E-state index contributed by atoms with van der Waals surface area (Å²) < 4.78 is 23.9. The number of aryl methyl sites for hydroxylation is 1. The normalized spacial score (nSPS) is 11.5. The maximum atomic E-state index is 11.9. The van der Waals surface area contributed by atoms with Gasteiger partial charge in [0.15, 0.2) is 5.03 Å². The van der Waals surface area contributed by atoms with Gasteiger partial charge in [-0.15, -0.1) is 0 Å². The molecule has 2 rings (SSSR count). The predicted molar refractivity (Wildman–Crippen MR) is 55.2 cm³/mol. The number of H-pyrrole nitrogens is 1. The second-order valence-electron chi connectivity index (χ2n) is 3.23. The van der Waals surface area contributed by atoms with Crippen LogP contribution in [0.2, 0.25) is 0 Å². The van der Waals surface area contributed by atoms with Crippen LogP contribution in [0.25, 0.3) is 0 Å². The average Bonchev–Trinajstić information content (AvgIpc) is 2.71. The van der Waals surface area contributed by atoms with Gasteiger partial charge in [0.1, 0.15) is 0 Å². The first-order valence-electron chi connectivity index (χ1n) is 4.41. The Morgan fingerprint density at radius 1 is 1.20 bits per heavy atom. The zero-order valence-electron chi connectivity index (χ0n) is 8.14. The summed E-state index contributed by atoms with van der Waals surface area (Å²) in [5, 5.41) is 0.117. The Kier molecular flexibility index (Phi) is 2.32. The highest BCUT2D eigenvalue weighted by Gasteiger charge is 2.18. The number of sulfone groups is 1. The summed E-state index contributed by atoms with van der Waals surface area (Å²) in [6, 6.07) is 6.71. The largest absolute Gasteiger partial charge is 0.335 e. The monoisotopic (exact) mass is 222 g/mol. The number of hydrogen-bond donors (Lipinski definition) is 1. The van der Waals surface area contributed by atoms with E-state index in [9.17, 15) is 8.42 Å². The molecule has 0 radical (unpaired) electrons. The first kappa shape index (κ1) is 9.92. The molecule has 0 bridgehead atoms. The molecule has 0 aliphatic heterocycles. The summed E-state index contributed by atoms with van der Waals surface area (Å²) in [5.74, 6) is 0. The third-order valence-electron chi connectivity index (χ3n) is 2.09. The zero-order chi connectivity index (χ0) is 10.9. The van der Waals surface area contributed by atoms with Gasteiger partial charge in [-0.05, 0) is 19.1 Å². The van der Waals surface area contributed by atoms with E-state index in [2.05, 4.69) is 9.97 Å². The maximum Gasteiger partial charge on any atom is 0.223 e. The standard InChI is InChI=1S/C10H10N2O2S/c1-8-2-4-9(5-3-8)15(13,14)10-6-11-7-12-10/h2-7H,1H3,(H,11,12). The van der Waals surface area contributed by atoms with E-state index in [4.69, 9.17) is 0 Å². The van der Waals surface area contributed by atoms with Gasteiger partial charge in [0.2, 0.25) is 9.84 Å². The van der Waals surface area contributed by atoms with Crippen molar-refractivity contribution in [3.63, 3.8) is 0 Å². The number of hydrogen-bond acceptors (Lipinski definition) is 3. The fraction of sp³-hybridized carbons (Fsp3) is 0.100. The van der Waals surface area contributed by atoms with Crippen molar-refractivity contribution in [2.45, 2.75) is 16.8 Å². The second-order valence-corrected chi connectivity index (χ2v) is 5.15. The van der Waals surface area contributed by atoms with Gasteiger partial charge in [0.25, 0.3) is 0 Å². The van der Waals surface area contributed by atoms with Gasteiger partial charge in [-0.3, -0.25) is 0 Å². The van der Waals surface area contributed by atoms with E-state index in [0.717, 1.165) is 5.56 Å². The summed E-state index contributed by atoms with van der Waals surface area (Å²) in [6.45, 7) is 1.91. The van der Waals surface area contributed by atoms with Crippen LogP contribution in [0, 0.1) is 6.92 Å². The molecule has 0 fully saturated rings. The predicted octanol–water partition coefficient (Wildman–Crippen LogP) is 1.55. The molecule has 0 aliphatic rings. The molecule has 0 atom stereocenters. The van der Waals surface area contributed by atoms with Crippen molar-refractivity contribution in [3.8, 4) is 0 Å². The lowest BCUT2D eigenvalue weighted by Crippen LogP contribution is -2.01. The minimum Gasteiger partial charge on any atom is -0.335 e. The number of rotatable bonds is 2. The number of aromatic amines is 1. The van der Waals surface area contributed by atoms with Gasteiger partial charge >= 0.3 is 0 Å². The highest BCUT2D eigenvalue weighted by atomic mass is 32.2. The lowest BCUT2D eigenvalue weighted by atomic mass is 10.2. The minimum absolute atomic E-state index is 0.117.